The predicted molar refractivity (Wildman–Crippen MR) is 142 cm³/mol. The van der Waals surface area contributed by atoms with Crippen LogP contribution in [0, 0.1) is 12.7 Å². The van der Waals surface area contributed by atoms with E-state index in [1.54, 1.807) is 37.2 Å². The van der Waals surface area contributed by atoms with E-state index in [0.29, 0.717) is 36.9 Å². The third-order valence-corrected chi connectivity index (χ3v) is 6.80. The van der Waals surface area contributed by atoms with Crippen molar-refractivity contribution >= 4 is 11.8 Å². The molecule has 2 atom stereocenters. The molecule has 0 aliphatic carbocycles. The van der Waals surface area contributed by atoms with Crippen molar-refractivity contribution in [3.05, 3.63) is 77.7 Å². The number of urea groups is 1. The van der Waals surface area contributed by atoms with Gasteiger partial charge >= 0.3 is 6.03 Å². The number of anilines is 1. The smallest absolute Gasteiger partial charge is 0.320 e. The van der Waals surface area contributed by atoms with Crippen LogP contribution in [0.3, 0.4) is 0 Å². The van der Waals surface area contributed by atoms with E-state index < -0.39 is 0 Å². The van der Waals surface area contributed by atoms with Crippen molar-refractivity contribution in [3.63, 3.8) is 0 Å². The van der Waals surface area contributed by atoms with E-state index >= 15 is 0 Å². The lowest BCUT2D eigenvalue weighted by Gasteiger charge is -2.21. The number of methoxy groups -OCH3 is 1. The molecule has 2 N–H and O–H groups in total. The first-order chi connectivity index (χ1) is 18.4. The number of halogens is 1. The molecule has 0 unspecified atom stereocenters. The number of aromatic nitrogens is 5. The maximum atomic E-state index is 14.0. The number of rotatable bonds is 8. The Bertz CT molecular complexity index is 1400. The summed E-state index contributed by atoms with van der Waals surface area (Å²) in [6.07, 6.45) is 1.64. The number of ether oxygens (including phenoxy) is 1. The van der Waals surface area contributed by atoms with E-state index in [-0.39, 0.29) is 23.8 Å². The van der Waals surface area contributed by atoms with Gasteiger partial charge in [0.25, 0.3) is 0 Å². The third-order valence-electron chi connectivity index (χ3n) is 6.80. The summed E-state index contributed by atoms with van der Waals surface area (Å²) in [6.45, 7) is 4.51. The standard InChI is InChI=1S/C27H31FN8O2/c1-18-25(23-15-29-34(2)32-23)33-36(21-10-5-4-6-11-21)26(18)31-27(37)30-24-17-35(12-13-38-3)16-22(24)19-8-7-9-20(28)14-19/h4-11,14-15,22,24H,12-13,16-17H2,1-3H3,(H2,30,31,37)/t22-,24+/m0/s1. The van der Waals surface area contributed by atoms with Crippen LogP contribution in [0.5, 0.6) is 0 Å². The number of carbonyl (C=O) groups excluding carboxylic acids is 1. The fourth-order valence-electron chi connectivity index (χ4n) is 4.92. The van der Waals surface area contributed by atoms with Crippen molar-refractivity contribution in [3.8, 4) is 17.1 Å². The van der Waals surface area contributed by atoms with Gasteiger partial charge < -0.3 is 10.1 Å². The Balaban J connectivity index is 1.41. The van der Waals surface area contributed by atoms with Gasteiger partial charge in [-0.25, -0.2) is 13.9 Å². The molecule has 198 valence electrons. The zero-order valence-electron chi connectivity index (χ0n) is 21.6. The molecule has 0 spiro atoms. The molecular weight excluding hydrogens is 487 g/mol. The average molecular weight is 519 g/mol. The number of aryl methyl sites for hydroxylation is 1. The van der Waals surface area contributed by atoms with Crippen molar-refractivity contribution in [1.82, 2.24) is 35.0 Å². The summed E-state index contributed by atoms with van der Waals surface area (Å²) >= 11 is 0. The number of hydrogen-bond acceptors (Lipinski definition) is 6. The Morgan fingerprint density at radius 1 is 1.13 bits per heavy atom. The summed E-state index contributed by atoms with van der Waals surface area (Å²) in [5, 5.41) is 19.5. The van der Waals surface area contributed by atoms with Gasteiger partial charge in [-0.1, -0.05) is 30.3 Å². The number of carbonyl (C=O) groups is 1. The zero-order valence-corrected chi connectivity index (χ0v) is 21.6. The fourth-order valence-corrected chi connectivity index (χ4v) is 4.92. The lowest BCUT2D eigenvalue weighted by molar-refractivity contribution is 0.159. The number of amides is 2. The van der Waals surface area contributed by atoms with Crippen molar-refractivity contribution in [1.29, 1.82) is 0 Å². The summed E-state index contributed by atoms with van der Waals surface area (Å²) in [6, 6.07) is 15.6. The molecule has 4 aromatic rings. The second-order valence-corrected chi connectivity index (χ2v) is 9.41. The van der Waals surface area contributed by atoms with Crippen LogP contribution in [0.25, 0.3) is 17.1 Å². The molecule has 3 heterocycles. The number of nitrogens with zero attached hydrogens (tertiary/aromatic N) is 6. The maximum absolute atomic E-state index is 14.0. The van der Waals surface area contributed by atoms with E-state index in [4.69, 9.17) is 9.84 Å². The van der Waals surface area contributed by atoms with Gasteiger partial charge in [0.15, 0.2) is 0 Å². The Hall–Kier alpha value is -4.09. The van der Waals surface area contributed by atoms with Crippen molar-refractivity contribution < 1.29 is 13.9 Å². The first-order valence-electron chi connectivity index (χ1n) is 12.5. The van der Waals surface area contributed by atoms with Crippen LogP contribution in [0.2, 0.25) is 0 Å². The van der Waals surface area contributed by atoms with Gasteiger partial charge in [0.05, 0.1) is 24.5 Å². The second kappa shape index (κ2) is 11.1. The molecule has 1 aliphatic rings. The number of nitrogens with one attached hydrogen (secondary N) is 2. The highest BCUT2D eigenvalue weighted by molar-refractivity contribution is 5.91. The van der Waals surface area contributed by atoms with Gasteiger partial charge in [0.2, 0.25) is 0 Å². The van der Waals surface area contributed by atoms with Crippen molar-refractivity contribution in [2.24, 2.45) is 7.05 Å². The van der Waals surface area contributed by atoms with Gasteiger partial charge in [0, 0.05) is 45.3 Å². The summed E-state index contributed by atoms with van der Waals surface area (Å²) in [7, 11) is 3.41. The highest BCUT2D eigenvalue weighted by Crippen LogP contribution is 2.31. The predicted octanol–water partition coefficient (Wildman–Crippen LogP) is 3.35. The first-order valence-corrected chi connectivity index (χ1v) is 12.5. The van der Waals surface area contributed by atoms with Crippen molar-refractivity contribution in [2.45, 2.75) is 18.9 Å². The number of para-hydroxylation sites is 1. The van der Waals surface area contributed by atoms with E-state index in [1.807, 2.05) is 43.3 Å². The fraction of sp³-hybridized carbons (Fsp3) is 0.333. The minimum absolute atomic E-state index is 0.0661. The molecule has 5 rings (SSSR count). The molecule has 2 aromatic heterocycles. The average Bonchev–Trinajstić information content (AvgIpc) is 3.61. The number of hydrogen-bond donors (Lipinski definition) is 2. The molecule has 10 nitrogen and oxygen atoms in total. The van der Waals surface area contributed by atoms with Gasteiger partial charge in [0.1, 0.15) is 23.0 Å². The van der Waals surface area contributed by atoms with E-state index in [0.717, 1.165) is 23.4 Å². The lowest BCUT2D eigenvalue weighted by Crippen LogP contribution is -2.42. The first kappa shape index (κ1) is 25.6. The largest absolute Gasteiger partial charge is 0.383 e. The lowest BCUT2D eigenvalue weighted by atomic mass is 9.94. The Morgan fingerprint density at radius 3 is 2.66 bits per heavy atom. The molecular formula is C27H31FN8O2. The maximum Gasteiger partial charge on any atom is 0.320 e. The number of likely N-dealkylation sites (tertiary alicyclic amines) is 1. The Morgan fingerprint density at radius 2 is 1.95 bits per heavy atom. The molecule has 2 amide bonds. The highest BCUT2D eigenvalue weighted by Gasteiger charge is 2.35. The Labute approximate surface area is 220 Å². The van der Waals surface area contributed by atoms with Crippen LogP contribution < -0.4 is 10.6 Å². The van der Waals surface area contributed by atoms with Crippen molar-refractivity contribution in [2.75, 3.05) is 38.7 Å². The van der Waals surface area contributed by atoms with Crippen LogP contribution in [0.1, 0.15) is 17.0 Å². The Kier molecular flexibility index (Phi) is 7.47. The molecule has 2 aromatic carbocycles. The monoisotopic (exact) mass is 518 g/mol. The summed E-state index contributed by atoms with van der Waals surface area (Å²) in [5.41, 5.74) is 3.65. The highest BCUT2D eigenvalue weighted by atomic mass is 19.1. The number of benzene rings is 2. The SMILES string of the molecule is COCCN1C[C@@H](NC(=O)Nc2c(C)c(-c3cnn(C)n3)nn2-c2ccccc2)[C@H](c2cccc(F)c2)C1. The molecule has 0 saturated carbocycles. The molecule has 0 bridgehead atoms. The summed E-state index contributed by atoms with van der Waals surface area (Å²) in [5.74, 6) is 0.175. The van der Waals surface area contributed by atoms with Crippen LogP contribution >= 0.6 is 0 Å². The second-order valence-electron chi connectivity index (χ2n) is 9.41. The van der Waals surface area contributed by atoms with Crippen LogP contribution in [0.15, 0.2) is 60.8 Å². The van der Waals surface area contributed by atoms with Crippen LogP contribution in [-0.4, -0.2) is 75.1 Å². The minimum atomic E-state index is -0.365. The quantitative estimate of drug-likeness (QED) is 0.371. The summed E-state index contributed by atoms with van der Waals surface area (Å²) < 4.78 is 21.0. The zero-order chi connectivity index (χ0) is 26.6. The third kappa shape index (κ3) is 5.43. The molecule has 0 radical (unpaired) electrons. The van der Waals surface area contributed by atoms with Gasteiger partial charge in [-0.3, -0.25) is 10.2 Å². The van der Waals surface area contributed by atoms with Gasteiger partial charge in [-0.05, 0) is 36.8 Å². The van der Waals surface area contributed by atoms with E-state index in [9.17, 15) is 9.18 Å². The molecule has 11 heteroatoms. The topological polar surface area (TPSA) is 102 Å². The van der Waals surface area contributed by atoms with Crippen LogP contribution in [-0.2, 0) is 11.8 Å². The van der Waals surface area contributed by atoms with E-state index in [2.05, 4.69) is 25.7 Å². The van der Waals surface area contributed by atoms with Gasteiger partial charge in [-0.2, -0.15) is 20.1 Å². The normalized spacial score (nSPS) is 17.6. The molecule has 1 fully saturated rings. The molecule has 38 heavy (non-hydrogen) atoms. The van der Waals surface area contributed by atoms with Crippen LogP contribution in [0.4, 0.5) is 15.0 Å². The van der Waals surface area contributed by atoms with Gasteiger partial charge in [-0.15, -0.1) is 0 Å². The molecule has 1 saturated heterocycles. The summed E-state index contributed by atoms with van der Waals surface area (Å²) in [4.78, 5) is 17.1. The van der Waals surface area contributed by atoms with E-state index in [1.165, 1.54) is 10.9 Å². The molecule has 1 aliphatic heterocycles. The minimum Gasteiger partial charge on any atom is -0.383 e.